The molecule has 0 spiro atoms. The van der Waals surface area contributed by atoms with Crippen molar-refractivity contribution < 1.29 is 18.3 Å². The zero-order chi connectivity index (χ0) is 31.4. The number of rotatable bonds is 8. The molecular formula is C40H41FO3Si. The highest BCUT2D eigenvalue weighted by Crippen LogP contribution is 2.41. The summed E-state index contributed by atoms with van der Waals surface area (Å²) in [6.07, 6.45) is 4.55. The Balaban J connectivity index is 1.47. The lowest BCUT2D eigenvalue weighted by Crippen LogP contribution is -2.68. The first-order chi connectivity index (χ1) is 21.8. The topological polar surface area (TPSA) is 27.7 Å². The van der Waals surface area contributed by atoms with E-state index in [0.29, 0.717) is 6.61 Å². The first kappa shape index (κ1) is 31.1. The Labute approximate surface area is 267 Å². The van der Waals surface area contributed by atoms with Gasteiger partial charge in [0.2, 0.25) is 0 Å². The van der Waals surface area contributed by atoms with Crippen molar-refractivity contribution in [3.8, 4) is 11.1 Å². The maximum Gasteiger partial charge on any atom is 0.261 e. The molecule has 5 heteroatoms. The lowest BCUT2D eigenvalue weighted by atomic mass is 9.91. The molecule has 1 aliphatic heterocycles. The van der Waals surface area contributed by atoms with Crippen LogP contribution in [0.15, 0.2) is 127 Å². The van der Waals surface area contributed by atoms with Crippen LogP contribution < -0.4 is 10.4 Å². The second-order valence-corrected chi connectivity index (χ2v) is 17.0. The van der Waals surface area contributed by atoms with Crippen LogP contribution in [0.1, 0.15) is 32.8 Å². The van der Waals surface area contributed by atoms with Gasteiger partial charge in [-0.05, 0) is 61.4 Å². The van der Waals surface area contributed by atoms with Crippen LogP contribution in [0.25, 0.3) is 28.0 Å². The molecule has 1 fully saturated rings. The van der Waals surface area contributed by atoms with Crippen LogP contribution in [-0.4, -0.2) is 34.4 Å². The molecule has 45 heavy (non-hydrogen) atoms. The van der Waals surface area contributed by atoms with Crippen molar-refractivity contribution in [2.75, 3.05) is 13.7 Å². The van der Waals surface area contributed by atoms with E-state index in [2.05, 4.69) is 130 Å². The molecule has 5 aromatic carbocycles. The summed E-state index contributed by atoms with van der Waals surface area (Å²) in [6.45, 7) is 7.48. The third kappa shape index (κ3) is 6.18. The molecule has 1 heterocycles. The Hall–Kier alpha value is -3.87. The number of fused-ring (bicyclic) bond motifs is 1. The Kier molecular flexibility index (Phi) is 9.15. The fourth-order valence-corrected chi connectivity index (χ4v) is 11.6. The minimum absolute atomic E-state index is 0.143. The van der Waals surface area contributed by atoms with Gasteiger partial charge in [-0.3, -0.25) is 0 Å². The highest BCUT2D eigenvalue weighted by Gasteiger charge is 2.53. The van der Waals surface area contributed by atoms with Gasteiger partial charge in [-0.25, -0.2) is 4.39 Å². The largest absolute Gasteiger partial charge is 0.404 e. The van der Waals surface area contributed by atoms with Gasteiger partial charge in [0.1, 0.15) is 5.82 Å². The molecule has 5 aromatic rings. The summed E-state index contributed by atoms with van der Waals surface area (Å²) >= 11 is 0. The first-order valence-corrected chi connectivity index (χ1v) is 17.6. The average Bonchev–Trinajstić information content (AvgIpc) is 3.07. The van der Waals surface area contributed by atoms with Crippen LogP contribution in [0.2, 0.25) is 5.04 Å². The van der Waals surface area contributed by atoms with Crippen molar-refractivity contribution in [2.24, 2.45) is 5.92 Å². The predicted molar refractivity (Wildman–Crippen MR) is 186 cm³/mol. The average molecular weight is 617 g/mol. The summed E-state index contributed by atoms with van der Waals surface area (Å²) in [5, 5.41) is 4.62. The van der Waals surface area contributed by atoms with Crippen molar-refractivity contribution in [3.63, 3.8) is 0 Å². The Morgan fingerprint density at radius 1 is 0.778 bits per heavy atom. The number of hydrogen-bond acceptors (Lipinski definition) is 3. The zero-order valence-corrected chi connectivity index (χ0v) is 27.5. The van der Waals surface area contributed by atoms with E-state index >= 15 is 0 Å². The molecule has 3 atom stereocenters. The molecule has 0 amide bonds. The lowest BCUT2D eigenvalue weighted by Gasteiger charge is -2.48. The minimum atomic E-state index is -2.82. The van der Waals surface area contributed by atoms with Gasteiger partial charge in [0.15, 0.2) is 6.29 Å². The molecule has 0 radical (unpaired) electrons. The zero-order valence-electron chi connectivity index (χ0n) is 26.5. The number of methoxy groups -OCH3 is 1. The molecule has 6 rings (SSSR count). The molecule has 0 aromatic heterocycles. The molecular weight excluding hydrogens is 576 g/mol. The van der Waals surface area contributed by atoms with E-state index in [-0.39, 0.29) is 22.9 Å². The summed E-state index contributed by atoms with van der Waals surface area (Å²) in [7, 11) is -1.12. The number of halogens is 1. The van der Waals surface area contributed by atoms with Crippen molar-refractivity contribution in [2.45, 2.75) is 44.6 Å². The van der Waals surface area contributed by atoms with Crippen LogP contribution in [0.5, 0.6) is 0 Å². The minimum Gasteiger partial charge on any atom is -0.404 e. The van der Waals surface area contributed by atoms with E-state index in [4.69, 9.17) is 13.9 Å². The quantitative estimate of drug-likeness (QED) is 0.163. The number of benzene rings is 5. The van der Waals surface area contributed by atoms with E-state index in [0.717, 1.165) is 33.9 Å². The van der Waals surface area contributed by atoms with Gasteiger partial charge in [0.05, 0.1) is 18.6 Å². The highest BCUT2D eigenvalue weighted by atomic mass is 28.4. The molecule has 0 bridgehead atoms. The van der Waals surface area contributed by atoms with Gasteiger partial charge in [0.25, 0.3) is 8.32 Å². The van der Waals surface area contributed by atoms with Crippen LogP contribution in [0, 0.1) is 11.7 Å². The number of hydrogen-bond donors (Lipinski definition) is 0. The summed E-state index contributed by atoms with van der Waals surface area (Å²) in [6, 6.07) is 40.9. The molecule has 1 aliphatic rings. The van der Waals surface area contributed by atoms with Crippen LogP contribution in [-0.2, 0) is 13.9 Å². The summed E-state index contributed by atoms with van der Waals surface area (Å²) in [4.78, 5) is 0. The monoisotopic (exact) mass is 616 g/mol. The second-order valence-electron chi connectivity index (χ2n) is 12.8. The molecule has 1 saturated heterocycles. The summed E-state index contributed by atoms with van der Waals surface area (Å²) < 4.78 is 33.7. The Morgan fingerprint density at radius 3 is 2.02 bits per heavy atom. The van der Waals surface area contributed by atoms with E-state index in [1.165, 1.54) is 22.5 Å². The van der Waals surface area contributed by atoms with Crippen molar-refractivity contribution >= 4 is 35.5 Å². The maximum absolute atomic E-state index is 13.9. The van der Waals surface area contributed by atoms with Crippen molar-refractivity contribution in [1.82, 2.24) is 0 Å². The smallest absolute Gasteiger partial charge is 0.261 e. The fourth-order valence-electron chi connectivity index (χ4n) is 6.84. The lowest BCUT2D eigenvalue weighted by molar-refractivity contribution is -0.192. The second kappa shape index (κ2) is 13.2. The molecule has 3 nitrogen and oxygen atoms in total. The third-order valence-corrected chi connectivity index (χ3v) is 14.1. The highest BCUT2D eigenvalue weighted by molar-refractivity contribution is 6.99. The standard InChI is InChI=1S/C40H41FO3Si/c1-40(2,3)45(32-14-7-5-8-15-32,33-16-9-6-10-17-33)44-38-27-28-43-39(42-4)37(38)26-25-36-34-18-12-11-13-29(34)21-24-35(36)30-19-22-31(41)23-20-30/h5-26,37-39H,27-28H2,1-4H3/b26-25+/t37-,38-,39+/m0/s1. The third-order valence-electron chi connectivity index (χ3n) is 9.02. The van der Waals surface area contributed by atoms with Gasteiger partial charge in [0, 0.05) is 7.11 Å². The van der Waals surface area contributed by atoms with Gasteiger partial charge >= 0.3 is 0 Å². The molecule has 0 unspecified atom stereocenters. The Morgan fingerprint density at radius 2 is 1.40 bits per heavy atom. The van der Waals surface area contributed by atoms with Crippen LogP contribution in [0.3, 0.4) is 0 Å². The predicted octanol–water partition coefficient (Wildman–Crippen LogP) is 8.61. The van der Waals surface area contributed by atoms with Crippen molar-refractivity contribution in [1.29, 1.82) is 0 Å². The Bertz CT molecular complexity index is 1710. The SMILES string of the molecule is CO[C@@H]1OCC[C@H](O[Si](c2ccccc2)(c2ccccc2)C(C)(C)C)[C@@H]1/C=C/c1c(-c2ccc(F)cc2)ccc2ccccc12. The summed E-state index contributed by atoms with van der Waals surface area (Å²) in [5.74, 6) is -0.410. The maximum atomic E-state index is 13.9. The summed E-state index contributed by atoms with van der Waals surface area (Å²) in [5.41, 5.74) is 3.08. The van der Waals surface area contributed by atoms with E-state index in [9.17, 15) is 4.39 Å². The molecule has 0 aliphatic carbocycles. The van der Waals surface area contributed by atoms with Gasteiger partial charge in [-0.2, -0.15) is 0 Å². The van der Waals surface area contributed by atoms with Gasteiger partial charge < -0.3 is 13.9 Å². The molecule has 0 saturated carbocycles. The van der Waals surface area contributed by atoms with Crippen LogP contribution in [0.4, 0.5) is 4.39 Å². The van der Waals surface area contributed by atoms with Gasteiger partial charge in [-0.15, -0.1) is 0 Å². The van der Waals surface area contributed by atoms with Crippen molar-refractivity contribution in [3.05, 3.63) is 139 Å². The molecule has 0 N–H and O–H groups in total. The van der Waals surface area contributed by atoms with E-state index in [1.54, 1.807) is 7.11 Å². The normalized spacial score (nSPS) is 19.3. The molecule has 230 valence electrons. The van der Waals surface area contributed by atoms with E-state index < -0.39 is 14.6 Å². The fraction of sp³-hybridized carbons (Fsp3) is 0.250. The van der Waals surface area contributed by atoms with E-state index in [1.807, 2.05) is 12.1 Å². The number of ether oxygens (including phenoxy) is 2. The first-order valence-electron chi connectivity index (χ1n) is 15.7. The van der Waals surface area contributed by atoms with Gasteiger partial charge in [-0.1, -0.05) is 142 Å². The van der Waals surface area contributed by atoms with Crippen LogP contribution >= 0.6 is 0 Å².